The van der Waals surface area contributed by atoms with Gasteiger partial charge in [-0.2, -0.15) is 0 Å². The number of fused-ring (bicyclic) bond motifs is 1. The summed E-state index contributed by atoms with van der Waals surface area (Å²) in [4.78, 5) is 12.5. The van der Waals surface area contributed by atoms with Crippen molar-refractivity contribution in [3.05, 3.63) is 51.4 Å². The standard InChI is InChI=1S/C13H7ClIN3O/c14-10-3-4-11(12-9(10)2-1-5-16-12)19-13-17-6-8(15)7-18-13/h1-7H. The molecule has 2 heterocycles. The molecule has 19 heavy (non-hydrogen) atoms. The zero-order valence-corrected chi connectivity index (χ0v) is 12.5. The molecule has 6 heteroatoms. The SMILES string of the molecule is Clc1ccc(Oc2ncc(I)cn2)c2ncccc12. The van der Waals surface area contributed by atoms with Gasteiger partial charge in [-0.25, -0.2) is 9.97 Å². The number of aromatic nitrogens is 3. The monoisotopic (exact) mass is 383 g/mol. The van der Waals surface area contributed by atoms with Crippen LogP contribution in [0.1, 0.15) is 0 Å². The third-order valence-electron chi connectivity index (χ3n) is 2.48. The Bertz CT molecular complexity index is 734. The molecule has 0 bridgehead atoms. The van der Waals surface area contributed by atoms with Gasteiger partial charge in [-0.05, 0) is 46.9 Å². The summed E-state index contributed by atoms with van der Waals surface area (Å²) in [5.74, 6) is 0.584. The molecule has 3 aromatic rings. The molecule has 4 nitrogen and oxygen atoms in total. The van der Waals surface area contributed by atoms with Crippen molar-refractivity contribution in [1.82, 2.24) is 15.0 Å². The summed E-state index contributed by atoms with van der Waals surface area (Å²) in [6, 6.07) is 7.55. The third-order valence-corrected chi connectivity index (χ3v) is 3.36. The highest BCUT2D eigenvalue weighted by atomic mass is 127. The van der Waals surface area contributed by atoms with Gasteiger partial charge in [0, 0.05) is 27.5 Å². The van der Waals surface area contributed by atoms with Gasteiger partial charge in [-0.1, -0.05) is 11.6 Å². The largest absolute Gasteiger partial charge is 0.422 e. The molecule has 0 spiro atoms. The van der Waals surface area contributed by atoms with E-state index in [1.165, 1.54) is 0 Å². The highest BCUT2D eigenvalue weighted by Gasteiger charge is 2.08. The fourth-order valence-corrected chi connectivity index (χ4v) is 2.14. The number of benzene rings is 1. The van der Waals surface area contributed by atoms with Crippen molar-refractivity contribution in [2.24, 2.45) is 0 Å². The lowest BCUT2D eigenvalue weighted by Crippen LogP contribution is -1.93. The molecule has 0 atom stereocenters. The Balaban J connectivity index is 2.06. The van der Waals surface area contributed by atoms with Gasteiger partial charge in [0.05, 0.1) is 5.02 Å². The number of halogens is 2. The number of nitrogens with zero attached hydrogens (tertiary/aromatic N) is 3. The number of ether oxygens (including phenoxy) is 1. The van der Waals surface area contributed by atoms with Crippen LogP contribution in [0.5, 0.6) is 11.8 Å². The summed E-state index contributed by atoms with van der Waals surface area (Å²) >= 11 is 8.26. The first-order valence-corrected chi connectivity index (χ1v) is 6.88. The van der Waals surface area contributed by atoms with E-state index in [4.69, 9.17) is 16.3 Å². The van der Waals surface area contributed by atoms with Crippen molar-refractivity contribution in [2.45, 2.75) is 0 Å². The second-order valence-corrected chi connectivity index (χ2v) is 5.38. The van der Waals surface area contributed by atoms with Crippen LogP contribution in [-0.2, 0) is 0 Å². The minimum absolute atomic E-state index is 0.287. The third kappa shape index (κ3) is 2.62. The van der Waals surface area contributed by atoms with Crippen LogP contribution in [0.3, 0.4) is 0 Å². The van der Waals surface area contributed by atoms with Crippen LogP contribution in [0.4, 0.5) is 0 Å². The molecule has 0 radical (unpaired) electrons. The van der Waals surface area contributed by atoms with Crippen LogP contribution >= 0.6 is 34.2 Å². The summed E-state index contributed by atoms with van der Waals surface area (Å²) in [6.45, 7) is 0. The fourth-order valence-electron chi connectivity index (χ4n) is 1.65. The van der Waals surface area contributed by atoms with E-state index in [-0.39, 0.29) is 6.01 Å². The summed E-state index contributed by atoms with van der Waals surface area (Å²) in [6.07, 6.45) is 5.07. The van der Waals surface area contributed by atoms with Crippen molar-refractivity contribution < 1.29 is 4.74 Å². The van der Waals surface area contributed by atoms with E-state index in [1.54, 1.807) is 30.7 Å². The van der Waals surface area contributed by atoms with Crippen LogP contribution in [0.2, 0.25) is 5.02 Å². The molecule has 0 N–H and O–H groups in total. The molecule has 0 amide bonds. The Morgan fingerprint density at radius 3 is 2.63 bits per heavy atom. The number of hydrogen-bond donors (Lipinski definition) is 0. The molecule has 0 saturated heterocycles. The second kappa shape index (κ2) is 5.26. The predicted molar refractivity (Wildman–Crippen MR) is 81.6 cm³/mol. The van der Waals surface area contributed by atoms with Gasteiger partial charge in [0.1, 0.15) is 5.52 Å². The first-order valence-electron chi connectivity index (χ1n) is 5.43. The van der Waals surface area contributed by atoms with Gasteiger partial charge in [0.15, 0.2) is 5.75 Å². The van der Waals surface area contributed by atoms with Gasteiger partial charge in [-0.3, -0.25) is 4.98 Å². The van der Waals surface area contributed by atoms with Gasteiger partial charge < -0.3 is 4.74 Å². The average molecular weight is 384 g/mol. The topological polar surface area (TPSA) is 47.9 Å². The average Bonchev–Trinajstić information content (AvgIpc) is 2.45. The molecular formula is C13H7ClIN3O. The van der Waals surface area contributed by atoms with E-state index in [0.717, 1.165) is 8.96 Å². The molecule has 0 aliphatic rings. The highest BCUT2D eigenvalue weighted by molar-refractivity contribution is 14.1. The summed E-state index contributed by atoms with van der Waals surface area (Å²) < 4.78 is 6.60. The molecule has 0 fully saturated rings. The number of rotatable bonds is 2. The maximum atomic E-state index is 6.12. The lowest BCUT2D eigenvalue weighted by atomic mass is 10.2. The Morgan fingerprint density at radius 1 is 1.05 bits per heavy atom. The van der Waals surface area contributed by atoms with Gasteiger partial charge in [-0.15, -0.1) is 0 Å². The molecule has 0 aliphatic carbocycles. The highest BCUT2D eigenvalue weighted by Crippen LogP contribution is 2.31. The molecule has 0 saturated carbocycles. The van der Waals surface area contributed by atoms with Crippen LogP contribution in [0.25, 0.3) is 10.9 Å². The van der Waals surface area contributed by atoms with Gasteiger partial charge in [0.25, 0.3) is 0 Å². The minimum atomic E-state index is 0.287. The van der Waals surface area contributed by atoms with E-state index in [2.05, 4.69) is 37.5 Å². The van der Waals surface area contributed by atoms with Crippen LogP contribution in [-0.4, -0.2) is 15.0 Å². The lowest BCUT2D eigenvalue weighted by Gasteiger charge is -2.07. The minimum Gasteiger partial charge on any atom is -0.422 e. The van der Waals surface area contributed by atoms with Crippen molar-refractivity contribution in [3.8, 4) is 11.8 Å². The Kier molecular flexibility index (Phi) is 3.48. The second-order valence-electron chi connectivity index (χ2n) is 3.73. The van der Waals surface area contributed by atoms with E-state index >= 15 is 0 Å². The predicted octanol–water partition coefficient (Wildman–Crippen LogP) is 4.08. The maximum Gasteiger partial charge on any atom is 0.322 e. The summed E-state index contributed by atoms with van der Waals surface area (Å²) in [5, 5.41) is 1.48. The van der Waals surface area contributed by atoms with Crippen molar-refractivity contribution in [3.63, 3.8) is 0 Å². The first-order chi connectivity index (χ1) is 9.24. The van der Waals surface area contributed by atoms with Crippen molar-refractivity contribution in [2.75, 3.05) is 0 Å². The first kappa shape index (κ1) is 12.6. The normalized spacial score (nSPS) is 10.6. The van der Waals surface area contributed by atoms with Crippen molar-refractivity contribution in [1.29, 1.82) is 0 Å². The Morgan fingerprint density at radius 2 is 1.84 bits per heavy atom. The number of pyridine rings is 1. The molecular weight excluding hydrogens is 377 g/mol. The Labute approximate surface area is 128 Å². The van der Waals surface area contributed by atoms with Crippen LogP contribution in [0, 0.1) is 3.57 Å². The van der Waals surface area contributed by atoms with Gasteiger partial charge >= 0.3 is 6.01 Å². The molecule has 1 aromatic carbocycles. The summed E-state index contributed by atoms with van der Waals surface area (Å²) in [5.41, 5.74) is 0.692. The quantitative estimate of drug-likeness (QED) is 0.626. The van der Waals surface area contributed by atoms with Crippen LogP contribution < -0.4 is 4.74 Å². The van der Waals surface area contributed by atoms with Gasteiger partial charge in [0.2, 0.25) is 0 Å². The van der Waals surface area contributed by atoms with Crippen LogP contribution in [0.15, 0.2) is 42.9 Å². The van der Waals surface area contributed by atoms with E-state index < -0.39 is 0 Å². The molecule has 0 unspecified atom stereocenters. The zero-order valence-electron chi connectivity index (χ0n) is 9.55. The summed E-state index contributed by atoms with van der Waals surface area (Å²) in [7, 11) is 0. The van der Waals surface area contributed by atoms with E-state index in [9.17, 15) is 0 Å². The number of hydrogen-bond acceptors (Lipinski definition) is 4. The van der Waals surface area contributed by atoms with E-state index in [1.807, 2.05) is 12.1 Å². The lowest BCUT2D eigenvalue weighted by molar-refractivity contribution is 0.445. The zero-order chi connectivity index (χ0) is 13.2. The molecule has 3 rings (SSSR count). The molecule has 94 valence electrons. The van der Waals surface area contributed by atoms with E-state index in [0.29, 0.717) is 16.3 Å². The molecule has 2 aromatic heterocycles. The maximum absolute atomic E-state index is 6.12. The Hall–Kier alpha value is -1.47. The smallest absolute Gasteiger partial charge is 0.322 e. The fraction of sp³-hybridized carbons (Fsp3) is 0. The molecule has 0 aliphatic heterocycles. The van der Waals surface area contributed by atoms with Crippen molar-refractivity contribution >= 4 is 45.1 Å².